The Hall–Kier alpha value is -0.0800. The fraction of sp³-hybridized carbons (Fsp3) is 1.00. The van der Waals surface area contributed by atoms with Gasteiger partial charge in [0.25, 0.3) is 0 Å². The lowest BCUT2D eigenvalue weighted by Gasteiger charge is -2.33. The van der Waals surface area contributed by atoms with Crippen LogP contribution >= 0.6 is 0 Å². The first-order chi connectivity index (χ1) is 9.34. The van der Waals surface area contributed by atoms with E-state index in [4.69, 9.17) is 0 Å². The maximum absolute atomic E-state index is 3.65. The highest BCUT2D eigenvalue weighted by atomic mass is 15.2. The maximum atomic E-state index is 3.65. The summed E-state index contributed by atoms with van der Waals surface area (Å²) in [5.74, 6) is 0.896. The largest absolute Gasteiger partial charge is 0.313 e. The number of likely N-dealkylation sites (tertiary alicyclic amines) is 1. The summed E-state index contributed by atoms with van der Waals surface area (Å²) in [6.45, 7) is 17.8. The third-order valence-electron chi connectivity index (χ3n) is 4.89. The van der Waals surface area contributed by atoms with E-state index >= 15 is 0 Å². The minimum atomic E-state index is 0.479. The van der Waals surface area contributed by atoms with Gasteiger partial charge in [0.1, 0.15) is 0 Å². The van der Waals surface area contributed by atoms with Gasteiger partial charge < -0.3 is 5.32 Å². The standard InChI is InChI=1S/C18H38N2/c1-7-9-17(14-19-15(2)3)20-12-8-10-16(11-13-20)18(4,5)6/h15-17,19H,7-14H2,1-6H3. The van der Waals surface area contributed by atoms with Crippen LogP contribution in [0.1, 0.15) is 73.6 Å². The Morgan fingerprint density at radius 2 is 1.85 bits per heavy atom. The van der Waals surface area contributed by atoms with Gasteiger partial charge in [-0.1, -0.05) is 48.0 Å². The molecule has 1 aliphatic heterocycles. The summed E-state index contributed by atoms with van der Waals surface area (Å²) < 4.78 is 0. The van der Waals surface area contributed by atoms with Crippen LogP contribution in [0.2, 0.25) is 0 Å². The van der Waals surface area contributed by atoms with E-state index in [9.17, 15) is 0 Å². The van der Waals surface area contributed by atoms with Crippen LogP contribution in [-0.2, 0) is 0 Å². The van der Waals surface area contributed by atoms with Crippen molar-refractivity contribution in [1.82, 2.24) is 10.2 Å². The third-order valence-corrected chi connectivity index (χ3v) is 4.89. The normalized spacial score (nSPS) is 23.9. The van der Waals surface area contributed by atoms with E-state index < -0.39 is 0 Å². The average Bonchev–Trinajstić information content (AvgIpc) is 2.59. The molecule has 2 nitrogen and oxygen atoms in total. The van der Waals surface area contributed by atoms with Crippen molar-refractivity contribution >= 4 is 0 Å². The molecule has 0 spiro atoms. The molecule has 0 aromatic rings. The van der Waals surface area contributed by atoms with Gasteiger partial charge in [-0.3, -0.25) is 4.90 Å². The molecule has 0 aliphatic carbocycles. The van der Waals surface area contributed by atoms with Crippen molar-refractivity contribution in [2.45, 2.75) is 85.7 Å². The van der Waals surface area contributed by atoms with Crippen molar-refractivity contribution in [2.75, 3.05) is 19.6 Å². The van der Waals surface area contributed by atoms with Crippen molar-refractivity contribution in [3.05, 3.63) is 0 Å². The summed E-state index contributed by atoms with van der Waals surface area (Å²) in [4.78, 5) is 2.77. The summed E-state index contributed by atoms with van der Waals surface area (Å²) in [5, 5.41) is 3.65. The van der Waals surface area contributed by atoms with Crippen LogP contribution in [0, 0.1) is 11.3 Å². The molecule has 20 heavy (non-hydrogen) atoms. The first-order valence-corrected chi connectivity index (χ1v) is 8.82. The van der Waals surface area contributed by atoms with Crippen molar-refractivity contribution in [3.8, 4) is 0 Å². The quantitative estimate of drug-likeness (QED) is 0.781. The first-order valence-electron chi connectivity index (χ1n) is 8.82. The molecule has 1 fully saturated rings. The Bertz CT molecular complexity index is 255. The maximum Gasteiger partial charge on any atom is 0.0220 e. The second-order valence-electron chi connectivity index (χ2n) is 8.04. The topological polar surface area (TPSA) is 15.3 Å². The monoisotopic (exact) mass is 282 g/mol. The molecular weight excluding hydrogens is 244 g/mol. The van der Waals surface area contributed by atoms with Crippen molar-refractivity contribution in [1.29, 1.82) is 0 Å². The predicted octanol–water partition coefficient (Wildman–Crippen LogP) is 4.30. The zero-order chi connectivity index (χ0) is 15.2. The van der Waals surface area contributed by atoms with Gasteiger partial charge in [0.05, 0.1) is 0 Å². The molecule has 0 amide bonds. The lowest BCUT2D eigenvalue weighted by molar-refractivity contribution is 0.170. The number of hydrogen-bond acceptors (Lipinski definition) is 2. The minimum absolute atomic E-state index is 0.479. The van der Waals surface area contributed by atoms with Gasteiger partial charge in [-0.2, -0.15) is 0 Å². The number of rotatable bonds is 6. The van der Waals surface area contributed by atoms with Gasteiger partial charge in [-0.05, 0) is 50.1 Å². The van der Waals surface area contributed by atoms with Crippen LogP contribution in [0.4, 0.5) is 0 Å². The van der Waals surface area contributed by atoms with E-state index in [-0.39, 0.29) is 0 Å². The molecule has 1 saturated heterocycles. The Labute approximate surface area is 127 Å². The Morgan fingerprint density at radius 3 is 2.40 bits per heavy atom. The molecule has 0 radical (unpaired) electrons. The highest BCUT2D eigenvalue weighted by molar-refractivity contribution is 4.82. The van der Waals surface area contributed by atoms with Crippen molar-refractivity contribution in [3.63, 3.8) is 0 Å². The molecule has 2 atom stereocenters. The van der Waals surface area contributed by atoms with E-state index in [1.165, 1.54) is 45.2 Å². The van der Waals surface area contributed by atoms with E-state index in [1.54, 1.807) is 0 Å². The number of nitrogens with one attached hydrogen (secondary N) is 1. The highest BCUT2D eigenvalue weighted by Gasteiger charge is 2.29. The number of nitrogens with zero attached hydrogens (tertiary/aromatic N) is 1. The Kier molecular flexibility index (Phi) is 7.53. The zero-order valence-corrected chi connectivity index (χ0v) is 14.8. The van der Waals surface area contributed by atoms with E-state index in [0.717, 1.165) is 18.5 Å². The second kappa shape index (κ2) is 8.38. The summed E-state index contributed by atoms with van der Waals surface area (Å²) in [6.07, 6.45) is 6.80. The van der Waals surface area contributed by atoms with Crippen LogP contribution < -0.4 is 5.32 Å². The average molecular weight is 283 g/mol. The fourth-order valence-corrected chi connectivity index (χ4v) is 3.47. The Morgan fingerprint density at radius 1 is 1.15 bits per heavy atom. The van der Waals surface area contributed by atoms with Gasteiger partial charge in [0, 0.05) is 18.6 Å². The predicted molar refractivity (Wildman–Crippen MR) is 90.2 cm³/mol. The molecule has 120 valence electrons. The summed E-state index contributed by atoms with van der Waals surface area (Å²) in [7, 11) is 0. The molecule has 1 rings (SSSR count). The molecule has 2 heteroatoms. The van der Waals surface area contributed by atoms with Crippen molar-refractivity contribution < 1.29 is 0 Å². The molecular formula is C18H38N2. The van der Waals surface area contributed by atoms with Gasteiger partial charge in [0.15, 0.2) is 0 Å². The zero-order valence-electron chi connectivity index (χ0n) is 14.8. The van der Waals surface area contributed by atoms with Gasteiger partial charge in [-0.25, -0.2) is 0 Å². The third kappa shape index (κ3) is 6.13. The van der Waals surface area contributed by atoms with E-state index in [2.05, 4.69) is 51.8 Å². The molecule has 2 unspecified atom stereocenters. The molecule has 0 aromatic carbocycles. The molecule has 0 bridgehead atoms. The van der Waals surface area contributed by atoms with Crippen LogP contribution in [-0.4, -0.2) is 36.6 Å². The second-order valence-corrected chi connectivity index (χ2v) is 8.04. The fourth-order valence-electron chi connectivity index (χ4n) is 3.47. The number of hydrogen-bond donors (Lipinski definition) is 1. The smallest absolute Gasteiger partial charge is 0.0220 e. The molecule has 1 heterocycles. The van der Waals surface area contributed by atoms with E-state index in [0.29, 0.717) is 11.5 Å². The van der Waals surface area contributed by atoms with E-state index in [1.807, 2.05) is 0 Å². The van der Waals surface area contributed by atoms with Crippen LogP contribution in [0.15, 0.2) is 0 Å². The SMILES string of the molecule is CCCC(CNC(C)C)N1CCCC(C(C)(C)C)CC1. The Balaban J connectivity index is 2.54. The molecule has 1 N–H and O–H groups in total. The van der Waals surface area contributed by atoms with Crippen LogP contribution in [0.3, 0.4) is 0 Å². The van der Waals surface area contributed by atoms with Crippen molar-refractivity contribution in [2.24, 2.45) is 11.3 Å². The highest BCUT2D eigenvalue weighted by Crippen LogP contribution is 2.34. The first kappa shape index (κ1) is 18.0. The van der Waals surface area contributed by atoms with Crippen LogP contribution in [0.25, 0.3) is 0 Å². The van der Waals surface area contributed by atoms with Gasteiger partial charge in [0.2, 0.25) is 0 Å². The lowest BCUT2D eigenvalue weighted by atomic mass is 9.77. The lowest BCUT2D eigenvalue weighted by Crippen LogP contribution is -2.44. The summed E-state index contributed by atoms with van der Waals surface area (Å²) in [5.41, 5.74) is 0.479. The van der Waals surface area contributed by atoms with Crippen LogP contribution in [0.5, 0.6) is 0 Å². The summed E-state index contributed by atoms with van der Waals surface area (Å²) >= 11 is 0. The molecule has 1 aliphatic rings. The van der Waals surface area contributed by atoms with Gasteiger partial charge in [-0.15, -0.1) is 0 Å². The minimum Gasteiger partial charge on any atom is -0.313 e. The summed E-state index contributed by atoms with van der Waals surface area (Å²) in [6, 6.07) is 1.34. The van der Waals surface area contributed by atoms with Gasteiger partial charge >= 0.3 is 0 Å². The molecule has 0 aromatic heterocycles. The molecule has 0 saturated carbocycles.